The SMILES string of the molecule is COc1ccc(Cn2c(C)c(C)c3c(-c4ccc(Cl)cc4)c(C(OC(C)(C)C)C(=O)O)c(C)nc32)cc1. The Hall–Kier alpha value is -3.35. The van der Waals surface area contributed by atoms with E-state index in [1.54, 1.807) is 7.11 Å². The number of ether oxygens (including phenoxy) is 2. The number of methoxy groups -OCH3 is 1. The molecule has 0 aliphatic carbocycles. The van der Waals surface area contributed by atoms with Crippen LogP contribution in [0.25, 0.3) is 22.2 Å². The predicted octanol–water partition coefficient (Wildman–Crippen LogP) is 7.28. The highest BCUT2D eigenvalue weighted by Gasteiger charge is 2.33. The second-order valence-corrected chi connectivity index (χ2v) is 10.7. The molecule has 0 fully saturated rings. The summed E-state index contributed by atoms with van der Waals surface area (Å²) in [4.78, 5) is 17.6. The fourth-order valence-corrected chi connectivity index (χ4v) is 4.85. The molecular weight excluding hydrogens is 488 g/mol. The van der Waals surface area contributed by atoms with Crippen LogP contribution in [-0.4, -0.2) is 33.3 Å². The quantitative estimate of drug-likeness (QED) is 0.277. The van der Waals surface area contributed by atoms with Crippen LogP contribution >= 0.6 is 11.6 Å². The Bertz CT molecular complexity index is 1450. The number of aryl methyl sites for hydroxylation is 2. The molecule has 4 aromatic rings. The Morgan fingerprint density at radius 1 is 1.05 bits per heavy atom. The van der Waals surface area contributed by atoms with E-state index in [-0.39, 0.29) is 0 Å². The Labute approximate surface area is 222 Å². The van der Waals surface area contributed by atoms with Gasteiger partial charge in [-0.25, -0.2) is 9.78 Å². The van der Waals surface area contributed by atoms with E-state index in [0.29, 0.717) is 22.8 Å². The van der Waals surface area contributed by atoms with Gasteiger partial charge in [-0.15, -0.1) is 0 Å². The van der Waals surface area contributed by atoms with Crippen molar-refractivity contribution in [1.29, 1.82) is 0 Å². The zero-order valence-electron chi connectivity index (χ0n) is 22.3. The monoisotopic (exact) mass is 520 g/mol. The van der Waals surface area contributed by atoms with Gasteiger partial charge < -0.3 is 19.1 Å². The summed E-state index contributed by atoms with van der Waals surface area (Å²) in [6, 6.07) is 15.5. The average Bonchev–Trinajstić information content (AvgIpc) is 3.06. The van der Waals surface area contributed by atoms with Gasteiger partial charge in [-0.05, 0) is 82.5 Å². The number of rotatable bonds is 7. The number of benzene rings is 2. The first-order valence-electron chi connectivity index (χ1n) is 12.2. The normalized spacial score (nSPS) is 12.6. The molecule has 1 N–H and O–H groups in total. The Kier molecular flexibility index (Phi) is 7.36. The standard InChI is InChI=1S/C30H33ClN2O4/c1-17-19(3)33(16-20-8-14-23(36-7)15-9-20)28-24(17)26(21-10-12-22(31)13-11-21)25(18(2)32-28)27(29(34)35)37-30(4,5)6/h8-15,27H,16H2,1-7H3,(H,34,35). The molecule has 0 saturated heterocycles. The van der Waals surface area contributed by atoms with Crippen molar-refractivity contribution in [3.63, 3.8) is 0 Å². The van der Waals surface area contributed by atoms with Crippen LogP contribution in [0.2, 0.25) is 5.02 Å². The Morgan fingerprint density at radius 2 is 1.68 bits per heavy atom. The molecule has 0 saturated carbocycles. The molecule has 2 aromatic heterocycles. The molecule has 0 bridgehead atoms. The van der Waals surface area contributed by atoms with Crippen molar-refractivity contribution in [2.75, 3.05) is 7.11 Å². The van der Waals surface area contributed by atoms with E-state index in [0.717, 1.165) is 44.7 Å². The van der Waals surface area contributed by atoms with E-state index in [9.17, 15) is 9.90 Å². The maximum Gasteiger partial charge on any atom is 0.337 e. The van der Waals surface area contributed by atoms with E-state index in [1.165, 1.54) is 0 Å². The van der Waals surface area contributed by atoms with Gasteiger partial charge in [-0.1, -0.05) is 35.9 Å². The van der Waals surface area contributed by atoms with E-state index >= 15 is 0 Å². The highest BCUT2D eigenvalue weighted by atomic mass is 35.5. The van der Waals surface area contributed by atoms with Crippen LogP contribution in [0.4, 0.5) is 0 Å². The van der Waals surface area contributed by atoms with Gasteiger partial charge in [-0.3, -0.25) is 0 Å². The minimum absolute atomic E-state index is 0.557. The molecule has 1 atom stereocenters. The number of pyridine rings is 1. The van der Waals surface area contributed by atoms with Gasteiger partial charge in [0.2, 0.25) is 0 Å². The van der Waals surface area contributed by atoms with Crippen LogP contribution in [0, 0.1) is 20.8 Å². The van der Waals surface area contributed by atoms with Crippen molar-refractivity contribution in [3.8, 4) is 16.9 Å². The number of carboxylic acids is 1. The Balaban J connectivity index is 2.03. The van der Waals surface area contributed by atoms with Gasteiger partial charge in [0.15, 0.2) is 6.10 Å². The molecular formula is C30H33ClN2O4. The lowest BCUT2D eigenvalue weighted by atomic mass is 9.91. The van der Waals surface area contributed by atoms with E-state index in [2.05, 4.69) is 18.4 Å². The van der Waals surface area contributed by atoms with E-state index in [1.807, 2.05) is 76.2 Å². The van der Waals surface area contributed by atoms with Crippen LogP contribution in [-0.2, 0) is 16.1 Å². The summed E-state index contributed by atoms with van der Waals surface area (Å²) in [5.41, 5.74) is 6.19. The van der Waals surface area contributed by atoms with Gasteiger partial charge >= 0.3 is 5.97 Å². The van der Waals surface area contributed by atoms with Gasteiger partial charge in [-0.2, -0.15) is 0 Å². The minimum atomic E-state index is -1.19. The summed E-state index contributed by atoms with van der Waals surface area (Å²) >= 11 is 6.22. The molecule has 0 amide bonds. The molecule has 0 aliphatic rings. The number of hydrogen-bond acceptors (Lipinski definition) is 4. The topological polar surface area (TPSA) is 73.6 Å². The predicted molar refractivity (Wildman–Crippen MR) is 148 cm³/mol. The summed E-state index contributed by atoms with van der Waals surface area (Å²) < 4.78 is 13.6. The number of carboxylic acid groups (broad SMARTS) is 1. The molecule has 0 radical (unpaired) electrons. The number of halogens is 1. The number of aromatic nitrogens is 2. The van der Waals surface area contributed by atoms with Gasteiger partial charge in [0.25, 0.3) is 0 Å². The van der Waals surface area contributed by atoms with Crippen molar-refractivity contribution in [2.45, 2.75) is 59.8 Å². The summed E-state index contributed by atoms with van der Waals surface area (Å²) in [6.07, 6.45) is -1.19. The Morgan fingerprint density at radius 3 is 2.22 bits per heavy atom. The van der Waals surface area contributed by atoms with Crippen LogP contribution in [0.5, 0.6) is 5.75 Å². The molecule has 6 nitrogen and oxygen atoms in total. The molecule has 194 valence electrons. The van der Waals surface area contributed by atoms with Gasteiger partial charge in [0.1, 0.15) is 11.4 Å². The summed E-state index contributed by atoms with van der Waals surface area (Å²) in [5, 5.41) is 11.8. The molecule has 2 aromatic carbocycles. The van der Waals surface area contributed by atoms with Crippen molar-refractivity contribution < 1.29 is 19.4 Å². The fourth-order valence-electron chi connectivity index (χ4n) is 4.73. The highest BCUT2D eigenvalue weighted by molar-refractivity contribution is 6.30. The van der Waals surface area contributed by atoms with Crippen molar-refractivity contribution in [3.05, 3.63) is 81.6 Å². The van der Waals surface area contributed by atoms with E-state index in [4.69, 9.17) is 26.1 Å². The first kappa shape index (κ1) is 26.7. The third-order valence-electron chi connectivity index (χ3n) is 6.58. The number of nitrogens with zero attached hydrogens (tertiary/aromatic N) is 2. The molecule has 0 aliphatic heterocycles. The third-order valence-corrected chi connectivity index (χ3v) is 6.83. The smallest absolute Gasteiger partial charge is 0.337 e. The number of hydrogen-bond donors (Lipinski definition) is 1. The summed E-state index contributed by atoms with van der Waals surface area (Å²) in [6.45, 7) is 12.2. The number of aliphatic carboxylic acids is 1. The van der Waals surface area contributed by atoms with Crippen LogP contribution in [0.15, 0.2) is 48.5 Å². The molecule has 2 heterocycles. The maximum absolute atomic E-state index is 12.6. The van der Waals surface area contributed by atoms with E-state index < -0.39 is 17.7 Å². The molecule has 4 rings (SSSR count). The zero-order valence-corrected chi connectivity index (χ0v) is 23.1. The number of fused-ring (bicyclic) bond motifs is 1. The second kappa shape index (κ2) is 10.2. The average molecular weight is 521 g/mol. The van der Waals surface area contributed by atoms with Crippen molar-refractivity contribution >= 4 is 28.6 Å². The van der Waals surface area contributed by atoms with Crippen molar-refractivity contribution in [2.24, 2.45) is 0 Å². The molecule has 0 spiro atoms. The molecule has 7 heteroatoms. The lowest BCUT2D eigenvalue weighted by Crippen LogP contribution is -2.28. The molecule has 1 unspecified atom stereocenters. The lowest BCUT2D eigenvalue weighted by molar-refractivity contribution is -0.160. The number of carbonyl (C=O) groups is 1. The lowest BCUT2D eigenvalue weighted by Gasteiger charge is -2.28. The highest BCUT2D eigenvalue weighted by Crippen LogP contribution is 2.42. The van der Waals surface area contributed by atoms with Crippen LogP contribution < -0.4 is 4.74 Å². The van der Waals surface area contributed by atoms with Gasteiger partial charge in [0, 0.05) is 39.5 Å². The summed E-state index contributed by atoms with van der Waals surface area (Å²) in [7, 11) is 1.65. The van der Waals surface area contributed by atoms with Crippen LogP contribution in [0.3, 0.4) is 0 Å². The second-order valence-electron chi connectivity index (χ2n) is 10.3. The maximum atomic E-state index is 12.6. The largest absolute Gasteiger partial charge is 0.497 e. The first-order valence-corrected chi connectivity index (χ1v) is 12.6. The molecule has 37 heavy (non-hydrogen) atoms. The minimum Gasteiger partial charge on any atom is -0.497 e. The summed E-state index contributed by atoms with van der Waals surface area (Å²) in [5.74, 6) is -0.252. The van der Waals surface area contributed by atoms with Gasteiger partial charge in [0.05, 0.1) is 12.7 Å². The fraction of sp³-hybridized carbons (Fsp3) is 0.333. The third kappa shape index (κ3) is 5.36. The van der Waals surface area contributed by atoms with Crippen LogP contribution in [0.1, 0.15) is 55.0 Å². The first-order chi connectivity index (χ1) is 17.4. The zero-order chi connectivity index (χ0) is 27.1. The van der Waals surface area contributed by atoms with Crippen molar-refractivity contribution in [1.82, 2.24) is 9.55 Å².